The molecule has 4 aromatic rings. The number of nitrogens with zero attached hydrogens (tertiary/aromatic N) is 4. The van der Waals surface area contributed by atoms with Crippen molar-refractivity contribution in [2.45, 2.75) is 13.5 Å². The number of carbonyl (C=O) groups is 1. The first-order chi connectivity index (χ1) is 16.5. The molecule has 0 aliphatic rings. The van der Waals surface area contributed by atoms with Crippen LogP contribution in [-0.4, -0.2) is 46.5 Å². The molecule has 2 aromatic heterocycles. The maximum Gasteiger partial charge on any atom is 0.513 e. The Hall–Kier alpha value is -4.41. The first-order valence-electron chi connectivity index (χ1n) is 10.2. The lowest BCUT2D eigenvalue weighted by atomic mass is 10.1. The van der Waals surface area contributed by atoms with Crippen molar-refractivity contribution < 1.29 is 28.1 Å². The van der Waals surface area contributed by atoms with Crippen molar-refractivity contribution in [3.8, 4) is 17.2 Å². The summed E-state index contributed by atoms with van der Waals surface area (Å²) in [5, 5.41) is 3.52. The van der Waals surface area contributed by atoms with Gasteiger partial charge in [-0.1, -0.05) is 0 Å². The lowest BCUT2D eigenvalue weighted by Gasteiger charge is -2.15. The van der Waals surface area contributed by atoms with E-state index in [0.717, 1.165) is 0 Å². The highest BCUT2D eigenvalue weighted by molar-refractivity contribution is 5.93. The number of benzene rings is 2. The number of nitrogens with one attached hydrogen (secondary N) is 1. The van der Waals surface area contributed by atoms with Gasteiger partial charge in [-0.05, 0) is 24.6 Å². The number of ether oxygens (including phenoxy) is 4. The monoisotopic (exact) mass is 467 g/mol. The lowest BCUT2D eigenvalue weighted by molar-refractivity contribution is 0.121. The molecule has 34 heavy (non-hydrogen) atoms. The molecule has 4 rings (SSSR count). The van der Waals surface area contributed by atoms with Gasteiger partial charge in [-0.15, -0.1) is 0 Å². The zero-order valence-electron chi connectivity index (χ0n) is 18.7. The molecular weight excluding hydrogens is 445 g/mol. The Kier molecular flexibility index (Phi) is 6.72. The molecule has 0 fully saturated rings. The van der Waals surface area contributed by atoms with E-state index in [9.17, 15) is 9.18 Å². The Morgan fingerprint density at radius 3 is 2.71 bits per heavy atom. The van der Waals surface area contributed by atoms with Crippen LogP contribution in [0.2, 0.25) is 0 Å². The Morgan fingerprint density at radius 1 is 1.12 bits per heavy atom. The number of aromatic nitrogens is 4. The lowest BCUT2D eigenvalue weighted by Crippen LogP contribution is -2.09. The number of hydrogen-bond donors (Lipinski definition) is 1. The van der Waals surface area contributed by atoms with Crippen LogP contribution in [0.15, 0.2) is 49.3 Å². The summed E-state index contributed by atoms with van der Waals surface area (Å²) in [5.41, 5.74) is 1.05. The van der Waals surface area contributed by atoms with Crippen LogP contribution in [0.4, 0.5) is 20.7 Å². The fourth-order valence-corrected chi connectivity index (χ4v) is 3.23. The normalized spacial score (nSPS) is 10.7. The van der Waals surface area contributed by atoms with Gasteiger partial charge in [0.15, 0.2) is 11.5 Å². The van der Waals surface area contributed by atoms with Gasteiger partial charge in [-0.3, -0.25) is 0 Å². The van der Waals surface area contributed by atoms with Crippen LogP contribution in [0.5, 0.6) is 17.2 Å². The Labute approximate surface area is 194 Å². The highest BCUT2D eigenvalue weighted by atomic mass is 19.1. The summed E-state index contributed by atoms with van der Waals surface area (Å²) in [5.74, 6) is 0.915. The molecule has 2 aromatic carbocycles. The predicted octanol–water partition coefficient (Wildman–Crippen LogP) is 4.25. The predicted molar refractivity (Wildman–Crippen MR) is 121 cm³/mol. The van der Waals surface area contributed by atoms with E-state index in [2.05, 4.69) is 25.0 Å². The molecule has 0 unspecified atom stereocenters. The van der Waals surface area contributed by atoms with E-state index in [0.29, 0.717) is 46.9 Å². The minimum absolute atomic E-state index is 0.0594. The number of rotatable bonds is 8. The number of aryl methyl sites for hydroxylation is 1. The molecule has 0 bridgehead atoms. The Bertz CT molecular complexity index is 1310. The molecule has 11 heteroatoms. The third-order valence-corrected chi connectivity index (χ3v) is 4.96. The average molecular weight is 467 g/mol. The number of carbonyl (C=O) groups excluding carboxylic acids is 1. The van der Waals surface area contributed by atoms with Gasteiger partial charge in [0.25, 0.3) is 0 Å². The van der Waals surface area contributed by atoms with Crippen molar-refractivity contribution in [3.05, 3.63) is 60.7 Å². The van der Waals surface area contributed by atoms with Crippen molar-refractivity contribution in [1.82, 2.24) is 19.5 Å². The fraction of sp³-hybridized carbons (Fsp3) is 0.217. The second-order valence-electron chi connectivity index (χ2n) is 7.17. The van der Waals surface area contributed by atoms with Gasteiger partial charge in [0.05, 0.1) is 38.3 Å². The minimum Gasteiger partial charge on any atom is -0.493 e. The summed E-state index contributed by atoms with van der Waals surface area (Å²) < 4.78 is 37.5. The van der Waals surface area contributed by atoms with Gasteiger partial charge in [-0.2, -0.15) is 0 Å². The smallest absolute Gasteiger partial charge is 0.493 e. The minimum atomic E-state index is -0.904. The number of anilines is 2. The number of methoxy groups -OCH3 is 2. The molecule has 0 spiro atoms. The molecule has 0 aliphatic carbocycles. The van der Waals surface area contributed by atoms with Crippen molar-refractivity contribution >= 4 is 28.6 Å². The fourth-order valence-electron chi connectivity index (χ4n) is 3.23. The Morgan fingerprint density at radius 2 is 1.97 bits per heavy atom. The second-order valence-corrected chi connectivity index (χ2v) is 7.17. The largest absolute Gasteiger partial charge is 0.513 e. The van der Waals surface area contributed by atoms with Crippen LogP contribution < -0.4 is 19.5 Å². The summed E-state index contributed by atoms with van der Waals surface area (Å²) in [6.07, 6.45) is 5.70. The van der Waals surface area contributed by atoms with Crippen molar-refractivity contribution in [1.29, 1.82) is 0 Å². The number of halogens is 1. The Balaban J connectivity index is 1.62. The number of imidazole rings is 1. The third-order valence-electron chi connectivity index (χ3n) is 4.96. The van der Waals surface area contributed by atoms with Gasteiger partial charge in [0.2, 0.25) is 0 Å². The van der Waals surface area contributed by atoms with E-state index in [1.807, 2.05) is 10.8 Å². The van der Waals surface area contributed by atoms with E-state index in [1.54, 1.807) is 31.6 Å². The molecule has 0 atom stereocenters. The molecule has 0 aliphatic heterocycles. The van der Waals surface area contributed by atoms with E-state index < -0.39 is 12.0 Å². The maximum absolute atomic E-state index is 14.7. The van der Waals surface area contributed by atoms with Gasteiger partial charge in [0.1, 0.15) is 30.3 Å². The van der Waals surface area contributed by atoms with Crippen LogP contribution >= 0.6 is 0 Å². The van der Waals surface area contributed by atoms with Crippen molar-refractivity contribution in [2.24, 2.45) is 0 Å². The highest BCUT2D eigenvalue weighted by Crippen LogP contribution is 2.36. The van der Waals surface area contributed by atoms with Gasteiger partial charge in [-0.25, -0.2) is 24.1 Å². The summed E-state index contributed by atoms with van der Waals surface area (Å²) in [4.78, 5) is 24.0. The van der Waals surface area contributed by atoms with E-state index in [1.165, 1.54) is 32.7 Å². The topological polar surface area (TPSA) is 110 Å². The van der Waals surface area contributed by atoms with Crippen molar-refractivity contribution in [3.63, 3.8) is 0 Å². The second kappa shape index (κ2) is 10.0. The van der Waals surface area contributed by atoms with E-state index in [4.69, 9.17) is 14.2 Å². The van der Waals surface area contributed by atoms with Gasteiger partial charge in [0, 0.05) is 29.9 Å². The molecule has 0 saturated heterocycles. The summed E-state index contributed by atoms with van der Waals surface area (Å²) in [6, 6.07) is 6.05. The van der Waals surface area contributed by atoms with Crippen LogP contribution in [-0.2, 0) is 11.3 Å². The molecule has 0 radical (unpaired) electrons. The van der Waals surface area contributed by atoms with Crippen LogP contribution in [0.3, 0.4) is 0 Å². The molecule has 10 nitrogen and oxygen atoms in total. The van der Waals surface area contributed by atoms with Crippen molar-refractivity contribution in [2.75, 3.05) is 26.1 Å². The van der Waals surface area contributed by atoms with Gasteiger partial charge < -0.3 is 28.8 Å². The first-order valence-corrected chi connectivity index (χ1v) is 10.2. The molecule has 176 valence electrons. The van der Waals surface area contributed by atoms with E-state index >= 15 is 0 Å². The van der Waals surface area contributed by atoms with Crippen LogP contribution in [0, 0.1) is 12.7 Å². The standard InChI is InChI=1S/C23H22FN5O5/c1-14-8-16(24)18(11-19(14)34-23(30)32-3)28-22-15-9-20(31-2)21(10-17(15)26-12-27-22)33-7-6-29-5-4-25-13-29/h4-5,8-13H,6-7H2,1-3H3,(H,26,27,28). The summed E-state index contributed by atoms with van der Waals surface area (Å²) in [6.45, 7) is 2.62. The number of hydrogen-bond acceptors (Lipinski definition) is 9. The SMILES string of the molecule is COC(=O)Oc1cc(Nc2ncnc3cc(OCCn4ccnc4)c(OC)cc23)c(F)cc1C. The molecule has 1 N–H and O–H groups in total. The maximum atomic E-state index is 14.7. The quantitative estimate of drug-likeness (QED) is 0.300. The average Bonchev–Trinajstić information content (AvgIpc) is 3.35. The zero-order valence-corrected chi connectivity index (χ0v) is 18.7. The van der Waals surface area contributed by atoms with Crippen LogP contribution in [0.25, 0.3) is 10.9 Å². The summed E-state index contributed by atoms with van der Waals surface area (Å²) in [7, 11) is 2.72. The molecular formula is C23H22FN5O5. The first kappa shape index (κ1) is 22.8. The summed E-state index contributed by atoms with van der Waals surface area (Å²) >= 11 is 0. The number of fused-ring (bicyclic) bond motifs is 1. The van der Waals surface area contributed by atoms with Crippen LogP contribution in [0.1, 0.15) is 5.56 Å². The van der Waals surface area contributed by atoms with E-state index in [-0.39, 0.29) is 11.4 Å². The molecule has 0 saturated carbocycles. The molecule has 0 amide bonds. The molecule has 2 heterocycles. The zero-order chi connectivity index (χ0) is 24.1. The third kappa shape index (κ3) is 4.98. The highest BCUT2D eigenvalue weighted by Gasteiger charge is 2.16. The van der Waals surface area contributed by atoms with Gasteiger partial charge >= 0.3 is 6.16 Å².